The third-order valence-corrected chi connectivity index (χ3v) is 2.54. The Balaban J connectivity index is 1.89. The van der Waals surface area contributed by atoms with E-state index in [1.54, 1.807) is 6.20 Å². The fourth-order valence-electron chi connectivity index (χ4n) is 1.71. The lowest BCUT2D eigenvalue weighted by Crippen LogP contribution is -2.33. The Morgan fingerprint density at radius 3 is 2.79 bits per heavy atom. The highest BCUT2D eigenvalue weighted by Gasteiger charge is 2.15. The van der Waals surface area contributed by atoms with E-state index in [4.69, 9.17) is 0 Å². The van der Waals surface area contributed by atoms with Crippen molar-refractivity contribution in [3.05, 3.63) is 30.1 Å². The van der Waals surface area contributed by atoms with E-state index in [2.05, 4.69) is 16.0 Å². The molecule has 1 saturated heterocycles. The molecule has 2 rings (SSSR count). The van der Waals surface area contributed by atoms with Crippen molar-refractivity contribution in [1.82, 2.24) is 9.88 Å². The van der Waals surface area contributed by atoms with Crippen LogP contribution >= 0.6 is 0 Å². The number of rotatable bonds is 2. The van der Waals surface area contributed by atoms with E-state index >= 15 is 0 Å². The van der Waals surface area contributed by atoms with Gasteiger partial charge in [0.2, 0.25) is 0 Å². The van der Waals surface area contributed by atoms with E-state index < -0.39 is 0 Å². The lowest BCUT2D eigenvalue weighted by atomic mass is 10.1. The molecule has 3 nitrogen and oxygen atoms in total. The maximum absolute atomic E-state index is 11.0. The standard InChI is InChI=1S/C11H14N2O/c14-11-3-6-13(7-4-11)9-10-2-1-5-12-8-10/h1-2,5,8H,3-4,6-7,9H2. The second-order valence-electron chi connectivity index (χ2n) is 3.68. The van der Waals surface area contributed by atoms with E-state index in [1.807, 2.05) is 12.3 Å². The van der Waals surface area contributed by atoms with Gasteiger partial charge in [0.15, 0.2) is 0 Å². The van der Waals surface area contributed by atoms with Crippen LogP contribution in [0.5, 0.6) is 0 Å². The summed E-state index contributed by atoms with van der Waals surface area (Å²) in [5, 5.41) is 0. The van der Waals surface area contributed by atoms with E-state index in [-0.39, 0.29) is 0 Å². The van der Waals surface area contributed by atoms with Crippen molar-refractivity contribution in [2.75, 3.05) is 13.1 Å². The van der Waals surface area contributed by atoms with Crippen molar-refractivity contribution in [1.29, 1.82) is 0 Å². The molecule has 14 heavy (non-hydrogen) atoms. The molecule has 1 aliphatic rings. The van der Waals surface area contributed by atoms with Gasteiger partial charge in [-0.2, -0.15) is 0 Å². The van der Waals surface area contributed by atoms with E-state index in [0.29, 0.717) is 18.6 Å². The molecule has 0 aromatic carbocycles. The van der Waals surface area contributed by atoms with Gasteiger partial charge in [-0.15, -0.1) is 0 Å². The molecule has 0 saturated carbocycles. The minimum atomic E-state index is 0.396. The minimum absolute atomic E-state index is 0.396. The molecule has 3 heteroatoms. The van der Waals surface area contributed by atoms with Crippen molar-refractivity contribution in [3.63, 3.8) is 0 Å². The third-order valence-electron chi connectivity index (χ3n) is 2.54. The van der Waals surface area contributed by atoms with Crippen LogP contribution in [0.4, 0.5) is 0 Å². The molecule has 0 N–H and O–H groups in total. The normalized spacial score (nSPS) is 18.4. The number of nitrogens with zero attached hydrogens (tertiary/aromatic N) is 2. The van der Waals surface area contributed by atoms with Gasteiger partial charge in [0.1, 0.15) is 5.78 Å². The predicted molar refractivity (Wildman–Crippen MR) is 53.8 cm³/mol. The minimum Gasteiger partial charge on any atom is -0.300 e. The van der Waals surface area contributed by atoms with Crippen LogP contribution in [-0.4, -0.2) is 28.8 Å². The lowest BCUT2D eigenvalue weighted by molar-refractivity contribution is -0.121. The van der Waals surface area contributed by atoms with Crippen molar-refractivity contribution in [2.45, 2.75) is 19.4 Å². The van der Waals surface area contributed by atoms with Gasteiger partial charge in [0, 0.05) is 44.9 Å². The first kappa shape index (κ1) is 9.34. The van der Waals surface area contributed by atoms with E-state index in [9.17, 15) is 4.79 Å². The summed E-state index contributed by atoms with van der Waals surface area (Å²) in [6.45, 7) is 2.71. The molecule has 1 fully saturated rings. The maximum atomic E-state index is 11.0. The van der Waals surface area contributed by atoms with Crippen molar-refractivity contribution < 1.29 is 4.79 Å². The summed E-state index contributed by atoms with van der Waals surface area (Å²) in [5.41, 5.74) is 1.22. The Labute approximate surface area is 83.8 Å². The molecule has 1 aromatic rings. The maximum Gasteiger partial charge on any atom is 0.135 e. The van der Waals surface area contributed by atoms with Gasteiger partial charge in [-0.3, -0.25) is 14.7 Å². The summed E-state index contributed by atoms with van der Waals surface area (Å²) in [6, 6.07) is 4.02. The highest BCUT2D eigenvalue weighted by Crippen LogP contribution is 2.09. The Morgan fingerprint density at radius 1 is 1.36 bits per heavy atom. The molecule has 0 aliphatic carbocycles. The van der Waals surface area contributed by atoms with Crippen LogP contribution in [0.3, 0.4) is 0 Å². The van der Waals surface area contributed by atoms with Crippen LogP contribution in [0.2, 0.25) is 0 Å². The van der Waals surface area contributed by atoms with Crippen LogP contribution in [0, 0.1) is 0 Å². The van der Waals surface area contributed by atoms with Gasteiger partial charge < -0.3 is 0 Å². The molecule has 0 atom stereocenters. The molecule has 2 heterocycles. The summed E-state index contributed by atoms with van der Waals surface area (Å²) in [5.74, 6) is 0.396. The number of Topliss-reactive ketones (excluding diaryl/α,β-unsaturated/α-hetero) is 1. The van der Waals surface area contributed by atoms with Gasteiger partial charge in [-0.05, 0) is 11.6 Å². The van der Waals surface area contributed by atoms with Crippen LogP contribution in [0.1, 0.15) is 18.4 Å². The molecular formula is C11H14N2O. The smallest absolute Gasteiger partial charge is 0.135 e. The fraction of sp³-hybridized carbons (Fsp3) is 0.455. The van der Waals surface area contributed by atoms with Crippen molar-refractivity contribution in [3.8, 4) is 0 Å². The second-order valence-corrected chi connectivity index (χ2v) is 3.68. The molecular weight excluding hydrogens is 176 g/mol. The summed E-state index contributed by atoms with van der Waals surface area (Å²) in [7, 11) is 0. The van der Waals surface area contributed by atoms with Gasteiger partial charge in [0.05, 0.1) is 0 Å². The number of carbonyl (C=O) groups excluding carboxylic acids is 1. The monoisotopic (exact) mass is 190 g/mol. The fourth-order valence-corrected chi connectivity index (χ4v) is 1.71. The Kier molecular flexibility index (Phi) is 2.89. The number of carbonyl (C=O) groups is 1. The molecule has 0 amide bonds. The Hall–Kier alpha value is -1.22. The SMILES string of the molecule is O=C1CCN(Cc2cccnc2)CC1. The predicted octanol–water partition coefficient (Wildman–Crippen LogP) is 1.25. The van der Waals surface area contributed by atoms with E-state index in [0.717, 1.165) is 19.6 Å². The number of pyridine rings is 1. The Bertz CT molecular complexity index is 300. The number of hydrogen-bond donors (Lipinski definition) is 0. The van der Waals surface area contributed by atoms with E-state index in [1.165, 1.54) is 5.56 Å². The van der Waals surface area contributed by atoms with Gasteiger partial charge in [0.25, 0.3) is 0 Å². The largest absolute Gasteiger partial charge is 0.300 e. The molecule has 0 spiro atoms. The first-order chi connectivity index (χ1) is 6.84. The molecule has 0 bridgehead atoms. The topological polar surface area (TPSA) is 33.2 Å². The van der Waals surface area contributed by atoms with Crippen molar-refractivity contribution >= 4 is 5.78 Å². The first-order valence-corrected chi connectivity index (χ1v) is 4.97. The number of ketones is 1. The second kappa shape index (κ2) is 4.33. The highest BCUT2D eigenvalue weighted by atomic mass is 16.1. The zero-order valence-corrected chi connectivity index (χ0v) is 8.15. The number of hydrogen-bond acceptors (Lipinski definition) is 3. The van der Waals surface area contributed by atoms with Crippen molar-refractivity contribution in [2.24, 2.45) is 0 Å². The van der Waals surface area contributed by atoms with Crippen LogP contribution < -0.4 is 0 Å². The summed E-state index contributed by atoms with van der Waals surface area (Å²) < 4.78 is 0. The van der Waals surface area contributed by atoms with Crippen LogP contribution in [0.15, 0.2) is 24.5 Å². The van der Waals surface area contributed by atoms with Crippen LogP contribution in [-0.2, 0) is 11.3 Å². The molecule has 1 aliphatic heterocycles. The average molecular weight is 190 g/mol. The first-order valence-electron chi connectivity index (χ1n) is 4.97. The van der Waals surface area contributed by atoms with Crippen LogP contribution in [0.25, 0.3) is 0 Å². The number of piperidine rings is 1. The lowest BCUT2D eigenvalue weighted by Gasteiger charge is -2.25. The third kappa shape index (κ3) is 2.39. The average Bonchev–Trinajstić information content (AvgIpc) is 2.23. The van der Waals surface area contributed by atoms with Gasteiger partial charge >= 0.3 is 0 Å². The van der Waals surface area contributed by atoms with Gasteiger partial charge in [-0.1, -0.05) is 6.07 Å². The van der Waals surface area contributed by atoms with Gasteiger partial charge in [-0.25, -0.2) is 0 Å². The molecule has 1 aromatic heterocycles. The number of aromatic nitrogens is 1. The summed E-state index contributed by atoms with van der Waals surface area (Å²) in [4.78, 5) is 17.4. The molecule has 0 radical (unpaired) electrons. The molecule has 74 valence electrons. The quantitative estimate of drug-likeness (QED) is 0.703. The zero-order chi connectivity index (χ0) is 9.80. The summed E-state index contributed by atoms with van der Waals surface area (Å²) >= 11 is 0. The highest BCUT2D eigenvalue weighted by molar-refractivity contribution is 5.79. The Morgan fingerprint density at radius 2 is 2.14 bits per heavy atom. The number of likely N-dealkylation sites (tertiary alicyclic amines) is 1. The molecule has 0 unspecified atom stereocenters. The zero-order valence-electron chi connectivity index (χ0n) is 8.15. The summed E-state index contributed by atoms with van der Waals surface area (Å²) in [6.07, 6.45) is 5.08.